The van der Waals surface area contributed by atoms with Crippen LogP contribution in [0.2, 0.25) is 0 Å². The number of piperidine rings is 1. The van der Waals surface area contributed by atoms with Crippen LogP contribution in [0.15, 0.2) is 0 Å². The van der Waals surface area contributed by atoms with Gasteiger partial charge in [0.1, 0.15) is 0 Å². The molecule has 0 radical (unpaired) electrons. The molecule has 0 amide bonds. The molecule has 0 spiro atoms. The topological polar surface area (TPSA) is 3.24 Å². The molecule has 0 N–H and O–H groups in total. The van der Waals surface area contributed by atoms with Crippen LogP contribution in [-0.4, -0.2) is 29.9 Å². The molecule has 0 aromatic heterocycles. The SMILES string of the molecule is ClCCCCCN1CCCC2CCCCC21. The summed E-state index contributed by atoms with van der Waals surface area (Å²) >= 11 is 5.72. The monoisotopic (exact) mass is 243 g/mol. The van der Waals surface area contributed by atoms with Gasteiger partial charge < -0.3 is 4.90 Å². The van der Waals surface area contributed by atoms with Crippen LogP contribution in [-0.2, 0) is 0 Å². The van der Waals surface area contributed by atoms with Gasteiger partial charge in [-0.1, -0.05) is 19.3 Å². The van der Waals surface area contributed by atoms with E-state index in [0.29, 0.717) is 0 Å². The van der Waals surface area contributed by atoms with Gasteiger partial charge in [0.25, 0.3) is 0 Å². The van der Waals surface area contributed by atoms with Crippen LogP contribution in [0.25, 0.3) is 0 Å². The highest BCUT2D eigenvalue weighted by molar-refractivity contribution is 6.17. The van der Waals surface area contributed by atoms with Crippen molar-refractivity contribution in [3.8, 4) is 0 Å². The van der Waals surface area contributed by atoms with E-state index in [1.807, 2.05) is 0 Å². The molecule has 2 unspecified atom stereocenters. The van der Waals surface area contributed by atoms with Gasteiger partial charge in [-0.05, 0) is 57.5 Å². The molecule has 0 bridgehead atoms. The molecule has 0 aromatic rings. The second-order valence-corrected chi connectivity index (χ2v) is 5.92. The minimum absolute atomic E-state index is 0.839. The fourth-order valence-corrected chi connectivity index (χ4v) is 3.78. The van der Waals surface area contributed by atoms with Crippen LogP contribution in [0.3, 0.4) is 0 Å². The molecule has 0 aromatic carbocycles. The first-order valence-corrected chi connectivity index (χ1v) is 7.75. The third-order valence-electron chi connectivity index (χ3n) is 4.44. The number of nitrogens with zero attached hydrogens (tertiary/aromatic N) is 1. The van der Waals surface area contributed by atoms with Crippen molar-refractivity contribution in [1.82, 2.24) is 4.90 Å². The molecule has 2 atom stereocenters. The van der Waals surface area contributed by atoms with Gasteiger partial charge in [-0.2, -0.15) is 0 Å². The van der Waals surface area contributed by atoms with Crippen molar-refractivity contribution in [2.24, 2.45) is 5.92 Å². The highest BCUT2D eigenvalue weighted by Crippen LogP contribution is 2.35. The number of rotatable bonds is 5. The Morgan fingerprint density at radius 3 is 2.62 bits per heavy atom. The van der Waals surface area contributed by atoms with Crippen LogP contribution >= 0.6 is 11.6 Å². The van der Waals surface area contributed by atoms with E-state index in [2.05, 4.69) is 4.90 Å². The Kier molecular flexibility index (Phi) is 5.44. The molecule has 94 valence electrons. The largest absolute Gasteiger partial charge is 0.300 e. The zero-order valence-corrected chi connectivity index (χ0v) is 11.2. The fraction of sp³-hybridized carbons (Fsp3) is 1.00. The van der Waals surface area contributed by atoms with Crippen LogP contribution < -0.4 is 0 Å². The van der Waals surface area contributed by atoms with Gasteiger partial charge in [0.15, 0.2) is 0 Å². The predicted octanol–water partition coefficient (Wildman–Crippen LogP) is 4.05. The van der Waals surface area contributed by atoms with E-state index in [-0.39, 0.29) is 0 Å². The number of fused-ring (bicyclic) bond motifs is 1. The van der Waals surface area contributed by atoms with E-state index in [0.717, 1.165) is 17.8 Å². The van der Waals surface area contributed by atoms with E-state index in [1.54, 1.807) is 0 Å². The molecule has 1 aliphatic heterocycles. The fourth-order valence-electron chi connectivity index (χ4n) is 3.59. The number of unbranched alkanes of at least 4 members (excludes halogenated alkanes) is 2. The number of hydrogen-bond donors (Lipinski definition) is 0. The van der Waals surface area contributed by atoms with E-state index in [9.17, 15) is 0 Å². The van der Waals surface area contributed by atoms with E-state index in [4.69, 9.17) is 11.6 Å². The van der Waals surface area contributed by atoms with E-state index < -0.39 is 0 Å². The van der Waals surface area contributed by atoms with Gasteiger partial charge in [-0.3, -0.25) is 0 Å². The van der Waals surface area contributed by atoms with Crippen molar-refractivity contribution in [1.29, 1.82) is 0 Å². The highest BCUT2D eigenvalue weighted by atomic mass is 35.5. The van der Waals surface area contributed by atoms with Crippen molar-refractivity contribution in [2.45, 2.75) is 63.8 Å². The number of likely N-dealkylation sites (tertiary alicyclic amines) is 1. The molecule has 1 heterocycles. The molecule has 2 heteroatoms. The van der Waals surface area contributed by atoms with E-state index in [1.165, 1.54) is 70.9 Å². The summed E-state index contributed by atoms with van der Waals surface area (Å²) in [5.41, 5.74) is 0. The molecular weight excluding hydrogens is 218 g/mol. The molecule has 2 rings (SSSR count). The molecule has 1 nitrogen and oxygen atoms in total. The highest BCUT2D eigenvalue weighted by Gasteiger charge is 2.32. The Morgan fingerprint density at radius 2 is 1.75 bits per heavy atom. The smallest absolute Gasteiger partial charge is 0.0223 e. The number of halogens is 1. The second kappa shape index (κ2) is 6.86. The summed E-state index contributed by atoms with van der Waals surface area (Å²) in [5, 5.41) is 0. The molecule has 1 aliphatic carbocycles. The molecule has 2 aliphatic rings. The zero-order valence-electron chi connectivity index (χ0n) is 10.5. The molecule has 16 heavy (non-hydrogen) atoms. The van der Waals surface area contributed by atoms with Crippen molar-refractivity contribution in [3.05, 3.63) is 0 Å². The Labute approximate surface area is 106 Å². The molecule has 1 saturated heterocycles. The molecule has 2 fully saturated rings. The minimum atomic E-state index is 0.839. The average Bonchev–Trinajstić information content (AvgIpc) is 2.35. The zero-order chi connectivity index (χ0) is 11.2. The third kappa shape index (κ3) is 3.37. The lowest BCUT2D eigenvalue weighted by Crippen LogP contribution is -2.47. The summed E-state index contributed by atoms with van der Waals surface area (Å²) < 4.78 is 0. The summed E-state index contributed by atoms with van der Waals surface area (Å²) in [6.07, 6.45) is 12.7. The van der Waals surface area contributed by atoms with Gasteiger partial charge in [-0.25, -0.2) is 0 Å². The second-order valence-electron chi connectivity index (χ2n) is 5.54. The predicted molar refractivity (Wildman–Crippen MR) is 71.1 cm³/mol. The van der Waals surface area contributed by atoms with Crippen LogP contribution in [0.1, 0.15) is 57.8 Å². The molecule has 1 saturated carbocycles. The summed E-state index contributed by atoms with van der Waals surface area (Å²) in [6, 6.07) is 0.943. The first kappa shape index (κ1) is 12.7. The minimum Gasteiger partial charge on any atom is -0.300 e. The summed E-state index contributed by atoms with van der Waals surface area (Å²) in [7, 11) is 0. The quantitative estimate of drug-likeness (QED) is 0.520. The summed E-state index contributed by atoms with van der Waals surface area (Å²) in [6.45, 7) is 2.69. The van der Waals surface area contributed by atoms with Crippen molar-refractivity contribution in [3.63, 3.8) is 0 Å². The van der Waals surface area contributed by atoms with Crippen molar-refractivity contribution >= 4 is 11.6 Å². The van der Waals surface area contributed by atoms with Crippen LogP contribution in [0.5, 0.6) is 0 Å². The maximum atomic E-state index is 5.72. The molecular formula is C14H26ClN. The average molecular weight is 244 g/mol. The van der Waals surface area contributed by atoms with Gasteiger partial charge >= 0.3 is 0 Å². The van der Waals surface area contributed by atoms with Gasteiger partial charge in [0, 0.05) is 11.9 Å². The van der Waals surface area contributed by atoms with Crippen LogP contribution in [0.4, 0.5) is 0 Å². The van der Waals surface area contributed by atoms with Gasteiger partial charge in [-0.15, -0.1) is 11.6 Å². The Bertz CT molecular complexity index is 193. The lowest BCUT2D eigenvalue weighted by molar-refractivity contribution is 0.0596. The van der Waals surface area contributed by atoms with E-state index >= 15 is 0 Å². The Morgan fingerprint density at radius 1 is 0.938 bits per heavy atom. The maximum Gasteiger partial charge on any atom is 0.0223 e. The maximum absolute atomic E-state index is 5.72. The lowest BCUT2D eigenvalue weighted by Gasteiger charge is -2.44. The first-order chi connectivity index (χ1) is 7.92. The van der Waals surface area contributed by atoms with Crippen molar-refractivity contribution < 1.29 is 0 Å². The summed E-state index contributed by atoms with van der Waals surface area (Å²) in [5.74, 6) is 1.88. The first-order valence-electron chi connectivity index (χ1n) is 7.22. The normalized spacial score (nSPS) is 31.3. The Hall–Kier alpha value is 0.250. The van der Waals surface area contributed by atoms with Crippen LogP contribution in [0, 0.1) is 5.92 Å². The number of hydrogen-bond acceptors (Lipinski definition) is 1. The van der Waals surface area contributed by atoms with Gasteiger partial charge in [0.2, 0.25) is 0 Å². The Balaban J connectivity index is 1.74. The third-order valence-corrected chi connectivity index (χ3v) is 4.70. The standard InChI is InChI=1S/C14H26ClN/c15-10-4-1-5-11-16-12-6-8-13-7-2-3-9-14(13)16/h13-14H,1-12H2. The van der Waals surface area contributed by atoms with Crippen molar-refractivity contribution in [2.75, 3.05) is 19.0 Å². The summed E-state index contributed by atoms with van der Waals surface area (Å²) in [4.78, 5) is 2.79. The number of alkyl halides is 1. The van der Waals surface area contributed by atoms with Gasteiger partial charge in [0.05, 0.1) is 0 Å². The lowest BCUT2D eigenvalue weighted by atomic mass is 9.78.